The molecule has 3 aromatic rings. The van der Waals surface area contributed by atoms with E-state index in [4.69, 9.17) is 19.7 Å². The van der Waals surface area contributed by atoms with Crippen LogP contribution in [0.2, 0.25) is 0 Å². The van der Waals surface area contributed by atoms with Crippen molar-refractivity contribution in [3.05, 3.63) is 94.6 Å². The topological polar surface area (TPSA) is 93.1 Å². The van der Waals surface area contributed by atoms with Crippen molar-refractivity contribution in [2.75, 3.05) is 0 Å². The van der Waals surface area contributed by atoms with Gasteiger partial charge in [0.1, 0.15) is 13.2 Å². The van der Waals surface area contributed by atoms with E-state index in [-0.39, 0.29) is 24.3 Å². The Kier molecular flexibility index (Phi) is 6.26. The Hall–Kier alpha value is -3.94. The molecule has 30 heavy (non-hydrogen) atoms. The maximum Gasteiger partial charge on any atom is 0.338 e. The number of hydrogen-bond donors (Lipinski definition) is 2. The zero-order valence-electron chi connectivity index (χ0n) is 15.5. The van der Waals surface area contributed by atoms with Gasteiger partial charge in [0.05, 0.1) is 11.1 Å². The Morgan fingerprint density at radius 2 is 1.13 bits per heavy atom. The molecule has 0 saturated heterocycles. The minimum atomic E-state index is -0.929. The van der Waals surface area contributed by atoms with Crippen LogP contribution in [0.25, 0.3) is 0 Å². The van der Waals surface area contributed by atoms with Gasteiger partial charge < -0.3 is 19.7 Å². The molecule has 0 unspecified atom stereocenters. The molecule has 0 bridgehead atoms. The molecule has 3 rings (SSSR count). The van der Waals surface area contributed by atoms with E-state index < -0.39 is 35.1 Å². The van der Waals surface area contributed by atoms with E-state index in [9.17, 15) is 18.4 Å². The summed E-state index contributed by atoms with van der Waals surface area (Å²) >= 11 is 0. The van der Waals surface area contributed by atoms with Gasteiger partial charge in [0.25, 0.3) is 0 Å². The lowest BCUT2D eigenvalue weighted by atomic mass is 10.1. The second kappa shape index (κ2) is 9.04. The molecule has 0 spiro atoms. The SMILES string of the molecule is O=C(OCc1cccc(COC(=O)c2ccc(O)c(F)c2)c1)c1ccc(O)c(F)c1. The highest BCUT2D eigenvalue weighted by Gasteiger charge is 2.13. The van der Waals surface area contributed by atoms with Crippen molar-refractivity contribution in [2.24, 2.45) is 0 Å². The Morgan fingerprint density at radius 1 is 0.700 bits per heavy atom. The Bertz CT molecular complexity index is 1010. The number of phenolic OH excluding ortho intramolecular Hbond substituents is 2. The van der Waals surface area contributed by atoms with E-state index in [2.05, 4.69) is 0 Å². The van der Waals surface area contributed by atoms with Gasteiger partial charge >= 0.3 is 11.9 Å². The molecule has 154 valence electrons. The summed E-state index contributed by atoms with van der Waals surface area (Å²) in [5.41, 5.74) is 1.12. The number of halogens is 2. The van der Waals surface area contributed by atoms with Gasteiger partial charge in [-0.2, -0.15) is 0 Å². The largest absolute Gasteiger partial charge is 0.505 e. The lowest BCUT2D eigenvalue weighted by Crippen LogP contribution is -2.07. The molecule has 0 heterocycles. The molecule has 0 aliphatic rings. The van der Waals surface area contributed by atoms with Crippen molar-refractivity contribution in [2.45, 2.75) is 13.2 Å². The summed E-state index contributed by atoms with van der Waals surface area (Å²) in [6, 6.07) is 13.0. The van der Waals surface area contributed by atoms with Crippen molar-refractivity contribution < 1.29 is 38.1 Å². The smallest absolute Gasteiger partial charge is 0.338 e. The van der Waals surface area contributed by atoms with Crippen LogP contribution in [0, 0.1) is 11.6 Å². The summed E-state index contributed by atoms with van der Waals surface area (Å²) in [4.78, 5) is 24.0. The van der Waals surface area contributed by atoms with Crippen LogP contribution in [0.3, 0.4) is 0 Å². The van der Waals surface area contributed by atoms with Crippen molar-refractivity contribution in [1.29, 1.82) is 0 Å². The molecule has 0 fully saturated rings. The summed E-state index contributed by atoms with van der Waals surface area (Å²) in [7, 11) is 0. The number of ether oxygens (including phenoxy) is 2. The molecule has 0 aliphatic heterocycles. The third kappa shape index (κ3) is 5.11. The lowest BCUT2D eigenvalue weighted by Gasteiger charge is -2.09. The fourth-order valence-corrected chi connectivity index (χ4v) is 2.54. The zero-order valence-corrected chi connectivity index (χ0v) is 15.5. The number of carbonyl (C=O) groups is 2. The molecule has 0 aliphatic carbocycles. The first-order valence-electron chi connectivity index (χ1n) is 8.72. The molecule has 0 atom stereocenters. The second-order valence-corrected chi connectivity index (χ2v) is 6.30. The predicted octanol–water partition coefficient (Wildman–Crippen LogP) is 4.09. The van der Waals surface area contributed by atoms with Crippen molar-refractivity contribution in [3.63, 3.8) is 0 Å². The third-order valence-electron chi connectivity index (χ3n) is 4.10. The average molecular weight is 414 g/mol. The summed E-state index contributed by atoms with van der Waals surface area (Å²) in [6.45, 7) is -0.210. The Morgan fingerprint density at radius 3 is 1.53 bits per heavy atom. The summed E-state index contributed by atoms with van der Waals surface area (Å²) < 4.78 is 36.9. The monoisotopic (exact) mass is 414 g/mol. The highest BCUT2D eigenvalue weighted by molar-refractivity contribution is 5.90. The van der Waals surface area contributed by atoms with Crippen LogP contribution in [0.15, 0.2) is 60.7 Å². The molecular weight excluding hydrogens is 398 g/mol. The standard InChI is InChI=1S/C22H16F2O6/c23-17-9-15(4-6-19(17)25)21(27)29-11-13-2-1-3-14(8-13)12-30-22(28)16-5-7-20(26)18(24)10-16/h1-10,25-26H,11-12H2. The summed E-state index contributed by atoms with van der Waals surface area (Å²) in [5.74, 6) is -4.52. The maximum atomic E-state index is 13.3. The first-order chi connectivity index (χ1) is 14.3. The minimum Gasteiger partial charge on any atom is -0.505 e. The van der Waals surface area contributed by atoms with Gasteiger partial charge in [-0.1, -0.05) is 18.2 Å². The number of rotatable bonds is 6. The number of hydrogen-bond acceptors (Lipinski definition) is 6. The quantitative estimate of drug-likeness (QED) is 0.590. The Labute approximate surface area is 169 Å². The van der Waals surface area contributed by atoms with Gasteiger partial charge in [-0.05, 0) is 53.6 Å². The molecule has 0 aromatic heterocycles. The van der Waals surface area contributed by atoms with Gasteiger partial charge in [-0.3, -0.25) is 0 Å². The average Bonchev–Trinajstić information content (AvgIpc) is 2.74. The van der Waals surface area contributed by atoms with Crippen LogP contribution in [0.1, 0.15) is 31.8 Å². The van der Waals surface area contributed by atoms with E-state index in [1.165, 1.54) is 12.1 Å². The molecule has 0 saturated carbocycles. The number of benzene rings is 3. The van der Waals surface area contributed by atoms with Gasteiger partial charge in [0.15, 0.2) is 23.1 Å². The fourth-order valence-electron chi connectivity index (χ4n) is 2.54. The molecule has 2 N–H and O–H groups in total. The second-order valence-electron chi connectivity index (χ2n) is 6.30. The Balaban J connectivity index is 1.57. The number of carbonyl (C=O) groups excluding carboxylic acids is 2. The summed E-state index contributed by atoms with van der Waals surface area (Å²) in [5, 5.41) is 18.3. The highest BCUT2D eigenvalue weighted by atomic mass is 19.1. The molecule has 3 aromatic carbocycles. The first kappa shape index (κ1) is 20.8. The van der Waals surface area contributed by atoms with Crippen molar-refractivity contribution in [3.8, 4) is 11.5 Å². The van der Waals surface area contributed by atoms with Crippen LogP contribution in [-0.4, -0.2) is 22.2 Å². The van der Waals surface area contributed by atoms with Crippen LogP contribution < -0.4 is 0 Å². The summed E-state index contributed by atoms with van der Waals surface area (Å²) in [6.07, 6.45) is 0. The van der Waals surface area contributed by atoms with E-state index in [1.807, 2.05) is 0 Å². The zero-order chi connectivity index (χ0) is 21.7. The van der Waals surface area contributed by atoms with E-state index in [1.54, 1.807) is 24.3 Å². The van der Waals surface area contributed by atoms with Gasteiger partial charge in [-0.15, -0.1) is 0 Å². The molecule has 0 radical (unpaired) electrons. The molecule has 8 heteroatoms. The van der Waals surface area contributed by atoms with Gasteiger partial charge in [0.2, 0.25) is 0 Å². The number of phenols is 2. The van der Waals surface area contributed by atoms with Crippen LogP contribution in [0.4, 0.5) is 8.78 Å². The first-order valence-corrected chi connectivity index (χ1v) is 8.72. The van der Waals surface area contributed by atoms with Crippen LogP contribution in [0.5, 0.6) is 11.5 Å². The molecule has 6 nitrogen and oxygen atoms in total. The maximum absolute atomic E-state index is 13.3. The third-order valence-corrected chi connectivity index (χ3v) is 4.10. The van der Waals surface area contributed by atoms with E-state index in [0.29, 0.717) is 11.1 Å². The van der Waals surface area contributed by atoms with Crippen molar-refractivity contribution in [1.82, 2.24) is 0 Å². The van der Waals surface area contributed by atoms with Gasteiger partial charge in [0, 0.05) is 0 Å². The predicted molar refractivity (Wildman–Crippen MR) is 101 cm³/mol. The number of esters is 2. The normalized spacial score (nSPS) is 10.5. The van der Waals surface area contributed by atoms with Crippen LogP contribution in [-0.2, 0) is 22.7 Å². The van der Waals surface area contributed by atoms with Crippen LogP contribution >= 0.6 is 0 Å². The van der Waals surface area contributed by atoms with E-state index in [0.717, 1.165) is 24.3 Å². The fraction of sp³-hybridized carbons (Fsp3) is 0.0909. The van der Waals surface area contributed by atoms with E-state index >= 15 is 0 Å². The lowest BCUT2D eigenvalue weighted by molar-refractivity contribution is 0.0471. The molecular formula is C22H16F2O6. The highest BCUT2D eigenvalue weighted by Crippen LogP contribution is 2.19. The van der Waals surface area contributed by atoms with Gasteiger partial charge in [-0.25, -0.2) is 18.4 Å². The van der Waals surface area contributed by atoms with Crippen molar-refractivity contribution >= 4 is 11.9 Å². The molecule has 0 amide bonds. The minimum absolute atomic E-state index is 0.0449. The number of aromatic hydroxyl groups is 2.